The fourth-order valence-corrected chi connectivity index (χ4v) is 2.73. The molecule has 2 heterocycles. The van der Waals surface area contributed by atoms with E-state index in [2.05, 4.69) is 21.4 Å². The van der Waals surface area contributed by atoms with E-state index in [4.69, 9.17) is 5.73 Å². The maximum absolute atomic E-state index is 12.0. The van der Waals surface area contributed by atoms with E-state index in [0.29, 0.717) is 13.1 Å². The molecule has 1 aliphatic heterocycles. The molecule has 0 aliphatic carbocycles. The zero-order chi connectivity index (χ0) is 14.4. The van der Waals surface area contributed by atoms with Crippen LogP contribution in [0.5, 0.6) is 0 Å². The van der Waals surface area contributed by atoms with E-state index in [0.717, 1.165) is 38.9 Å². The maximum atomic E-state index is 12.0. The third kappa shape index (κ3) is 4.05. The first-order valence-electron chi connectivity index (χ1n) is 7.37. The Balaban J connectivity index is 1.78. The first-order valence-corrected chi connectivity index (χ1v) is 7.37. The lowest BCUT2D eigenvalue weighted by Gasteiger charge is -2.31. The van der Waals surface area contributed by atoms with Gasteiger partial charge in [0, 0.05) is 51.5 Å². The fraction of sp³-hybridized carbons (Fsp3) is 0.714. The number of aromatic nitrogens is 2. The van der Waals surface area contributed by atoms with Gasteiger partial charge in [0.2, 0.25) is 5.91 Å². The molecule has 0 spiro atoms. The Morgan fingerprint density at radius 1 is 1.60 bits per heavy atom. The van der Waals surface area contributed by atoms with Gasteiger partial charge in [0.15, 0.2) is 0 Å². The molecule has 2 rings (SSSR count). The van der Waals surface area contributed by atoms with E-state index in [-0.39, 0.29) is 11.8 Å². The van der Waals surface area contributed by atoms with Crippen molar-refractivity contribution in [2.24, 2.45) is 18.7 Å². The number of carbonyl (C=O) groups excluding carboxylic acids is 1. The molecule has 1 saturated heterocycles. The van der Waals surface area contributed by atoms with Gasteiger partial charge in [-0.3, -0.25) is 9.48 Å². The summed E-state index contributed by atoms with van der Waals surface area (Å²) in [5, 5.41) is 7.08. The molecule has 1 aliphatic rings. The molecule has 1 fully saturated rings. The Kier molecular flexibility index (Phi) is 5.55. The maximum Gasteiger partial charge on any atom is 0.224 e. The summed E-state index contributed by atoms with van der Waals surface area (Å²) >= 11 is 0. The highest BCUT2D eigenvalue weighted by Crippen LogP contribution is 2.17. The number of nitrogens with two attached hydrogens (primary N) is 1. The molecule has 3 N–H and O–H groups in total. The lowest BCUT2D eigenvalue weighted by Crippen LogP contribution is -2.44. The summed E-state index contributed by atoms with van der Waals surface area (Å²) in [6.07, 6.45) is 4.88. The van der Waals surface area contributed by atoms with Crippen LogP contribution in [0.2, 0.25) is 0 Å². The SMILES string of the molecule is Cn1nccc1CCN1CCCC(C(=O)NCCN)C1. The molecule has 1 atom stereocenters. The molecule has 0 bridgehead atoms. The summed E-state index contributed by atoms with van der Waals surface area (Å²) < 4.78 is 1.91. The van der Waals surface area contributed by atoms with Gasteiger partial charge in [0.25, 0.3) is 0 Å². The normalized spacial score (nSPS) is 20.0. The number of carbonyl (C=O) groups is 1. The van der Waals surface area contributed by atoms with Gasteiger partial charge in [-0.25, -0.2) is 0 Å². The third-order valence-electron chi connectivity index (χ3n) is 3.93. The molecule has 6 heteroatoms. The van der Waals surface area contributed by atoms with Crippen LogP contribution >= 0.6 is 0 Å². The minimum atomic E-state index is 0.113. The van der Waals surface area contributed by atoms with Crippen molar-refractivity contribution in [2.75, 3.05) is 32.7 Å². The van der Waals surface area contributed by atoms with E-state index in [1.54, 1.807) is 0 Å². The van der Waals surface area contributed by atoms with Gasteiger partial charge in [-0.15, -0.1) is 0 Å². The van der Waals surface area contributed by atoms with Gasteiger partial charge >= 0.3 is 0 Å². The average molecular weight is 279 g/mol. The smallest absolute Gasteiger partial charge is 0.224 e. The van der Waals surface area contributed by atoms with Crippen LogP contribution in [-0.4, -0.2) is 53.3 Å². The molecule has 1 amide bonds. The fourth-order valence-electron chi connectivity index (χ4n) is 2.73. The number of hydrogen-bond donors (Lipinski definition) is 2. The van der Waals surface area contributed by atoms with Crippen molar-refractivity contribution in [1.29, 1.82) is 0 Å². The molecule has 6 nitrogen and oxygen atoms in total. The Bertz CT molecular complexity index is 431. The Hall–Kier alpha value is -1.40. The number of nitrogens with zero attached hydrogens (tertiary/aromatic N) is 3. The number of likely N-dealkylation sites (tertiary alicyclic amines) is 1. The molecule has 112 valence electrons. The summed E-state index contributed by atoms with van der Waals surface area (Å²) in [5.74, 6) is 0.266. The highest BCUT2D eigenvalue weighted by atomic mass is 16.1. The second-order valence-electron chi connectivity index (χ2n) is 5.42. The number of piperidine rings is 1. The molecular formula is C14H25N5O. The number of amides is 1. The Labute approximate surface area is 120 Å². The minimum Gasteiger partial charge on any atom is -0.355 e. The Morgan fingerprint density at radius 2 is 2.45 bits per heavy atom. The van der Waals surface area contributed by atoms with Gasteiger partial charge in [-0.1, -0.05) is 0 Å². The van der Waals surface area contributed by atoms with E-state index >= 15 is 0 Å². The molecule has 0 radical (unpaired) electrons. The quantitative estimate of drug-likeness (QED) is 0.753. The van der Waals surface area contributed by atoms with Crippen molar-refractivity contribution in [1.82, 2.24) is 20.0 Å². The van der Waals surface area contributed by atoms with Crippen molar-refractivity contribution in [3.63, 3.8) is 0 Å². The Morgan fingerprint density at radius 3 is 3.15 bits per heavy atom. The average Bonchev–Trinajstić information content (AvgIpc) is 2.88. The number of nitrogens with one attached hydrogen (secondary N) is 1. The minimum absolute atomic E-state index is 0.113. The highest BCUT2D eigenvalue weighted by Gasteiger charge is 2.25. The molecule has 1 aromatic heterocycles. The second kappa shape index (κ2) is 7.40. The first-order chi connectivity index (χ1) is 9.70. The predicted octanol–water partition coefficient (Wildman–Crippen LogP) is -0.250. The van der Waals surface area contributed by atoms with Crippen LogP contribution < -0.4 is 11.1 Å². The number of aryl methyl sites for hydroxylation is 1. The molecular weight excluding hydrogens is 254 g/mol. The largest absolute Gasteiger partial charge is 0.355 e. The summed E-state index contributed by atoms with van der Waals surface area (Å²) in [6.45, 7) is 4.00. The van der Waals surface area contributed by atoms with Gasteiger partial charge in [0.05, 0.1) is 5.92 Å². The monoisotopic (exact) mass is 279 g/mol. The lowest BCUT2D eigenvalue weighted by molar-refractivity contribution is -0.126. The van der Waals surface area contributed by atoms with Crippen molar-refractivity contribution in [3.05, 3.63) is 18.0 Å². The summed E-state index contributed by atoms with van der Waals surface area (Å²) in [5.41, 5.74) is 6.65. The van der Waals surface area contributed by atoms with Crippen LogP contribution in [0.15, 0.2) is 12.3 Å². The van der Waals surface area contributed by atoms with Gasteiger partial charge in [-0.2, -0.15) is 5.10 Å². The van der Waals surface area contributed by atoms with Crippen molar-refractivity contribution < 1.29 is 4.79 Å². The molecule has 1 unspecified atom stereocenters. The summed E-state index contributed by atoms with van der Waals surface area (Å²) in [6, 6.07) is 2.05. The van der Waals surface area contributed by atoms with Crippen molar-refractivity contribution in [2.45, 2.75) is 19.3 Å². The molecule has 0 aromatic carbocycles. The highest BCUT2D eigenvalue weighted by molar-refractivity contribution is 5.78. The summed E-state index contributed by atoms with van der Waals surface area (Å²) in [7, 11) is 1.97. The van der Waals surface area contributed by atoms with E-state index in [9.17, 15) is 4.79 Å². The van der Waals surface area contributed by atoms with Crippen LogP contribution in [0.3, 0.4) is 0 Å². The van der Waals surface area contributed by atoms with Gasteiger partial charge in [0.1, 0.15) is 0 Å². The molecule has 0 saturated carbocycles. The zero-order valence-electron chi connectivity index (χ0n) is 12.2. The molecule has 1 aromatic rings. The molecule has 20 heavy (non-hydrogen) atoms. The van der Waals surface area contributed by atoms with Gasteiger partial charge in [-0.05, 0) is 25.5 Å². The lowest BCUT2D eigenvalue weighted by atomic mass is 9.97. The summed E-state index contributed by atoms with van der Waals surface area (Å²) in [4.78, 5) is 14.4. The van der Waals surface area contributed by atoms with Crippen molar-refractivity contribution >= 4 is 5.91 Å². The predicted molar refractivity (Wildman–Crippen MR) is 78.1 cm³/mol. The van der Waals surface area contributed by atoms with Gasteiger partial charge < -0.3 is 16.0 Å². The van der Waals surface area contributed by atoms with E-state index < -0.39 is 0 Å². The van der Waals surface area contributed by atoms with Crippen LogP contribution in [0.4, 0.5) is 0 Å². The zero-order valence-corrected chi connectivity index (χ0v) is 12.2. The first kappa shape index (κ1) is 15.0. The topological polar surface area (TPSA) is 76.2 Å². The third-order valence-corrected chi connectivity index (χ3v) is 3.93. The van der Waals surface area contributed by atoms with E-state index in [1.165, 1.54) is 5.69 Å². The van der Waals surface area contributed by atoms with E-state index in [1.807, 2.05) is 17.9 Å². The van der Waals surface area contributed by atoms with Crippen LogP contribution in [0.25, 0.3) is 0 Å². The van der Waals surface area contributed by atoms with Crippen LogP contribution in [-0.2, 0) is 18.3 Å². The standard InChI is InChI=1S/C14H25N5O/c1-18-13(4-7-17-18)5-10-19-9-2-3-12(11-19)14(20)16-8-6-15/h4,7,12H,2-3,5-6,8-11,15H2,1H3,(H,16,20). The van der Waals surface area contributed by atoms with Crippen molar-refractivity contribution in [3.8, 4) is 0 Å². The van der Waals surface area contributed by atoms with Crippen LogP contribution in [0.1, 0.15) is 18.5 Å². The second-order valence-corrected chi connectivity index (χ2v) is 5.42. The number of hydrogen-bond acceptors (Lipinski definition) is 4. The van der Waals surface area contributed by atoms with Crippen LogP contribution in [0, 0.1) is 5.92 Å². The number of rotatable bonds is 6.